The van der Waals surface area contributed by atoms with Crippen LogP contribution in [0, 0.1) is 6.92 Å². The van der Waals surface area contributed by atoms with E-state index in [2.05, 4.69) is 4.98 Å². The molecule has 8 nitrogen and oxygen atoms in total. The molecular weight excluding hydrogens is 364 g/mol. The molecule has 4 rings (SSSR count). The molecule has 1 N–H and O–H groups in total. The Morgan fingerprint density at radius 2 is 1.64 bits per heavy atom. The van der Waals surface area contributed by atoms with E-state index in [0.29, 0.717) is 51.5 Å². The third-order valence-electron chi connectivity index (χ3n) is 4.65. The van der Waals surface area contributed by atoms with E-state index in [1.165, 1.54) is 0 Å². The van der Waals surface area contributed by atoms with Gasteiger partial charge in [0.1, 0.15) is 0 Å². The minimum absolute atomic E-state index is 0.124. The summed E-state index contributed by atoms with van der Waals surface area (Å²) in [5.41, 5.74) is 2.63. The van der Waals surface area contributed by atoms with Crippen LogP contribution in [-0.2, 0) is 0 Å². The standard InChI is InChI=1S/C20H20N2O6/c1-11-18(12-5-6-14(24-2)15(7-12)25-3)21-20(22(11)23)13-8-16(26-4)19-17(9-13)27-10-28-19/h5-9,23H,10H2,1-4H3. The Morgan fingerprint density at radius 3 is 2.36 bits per heavy atom. The summed E-state index contributed by atoms with van der Waals surface area (Å²) in [7, 11) is 4.70. The molecule has 0 atom stereocenters. The molecule has 3 aromatic rings. The van der Waals surface area contributed by atoms with Crippen molar-refractivity contribution in [2.45, 2.75) is 6.92 Å². The number of methoxy groups -OCH3 is 3. The van der Waals surface area contributed by atoms with Gasteiger partial charge in [-0.25, -0.2) is 4.98 Å². The molecule has 2 aromatic carbocycles. The van der Waals surface area contributed by atoms with Crippen molar-refractivity contribution in [3.63, 3.8) is 0 Å². The third-order valence-corrected chi connectivity index (χ3v) is 4.65. The highest BCUT2D eigenvalue weighted by molar-refractivity contribution is 5.73. The molecule has 0 fully saturated rings. The number of nitrogens with zero attached hydrogens (tertiary/aromatic N) is 2. The fourth-order valence-electron chi connectivity index (χ4n) is 3.20. The molecule has 0 spiro atoms. The number of hydrogen-bond donors (Lipinski definition) is 1. The zero-order valence-electron chi connectivity index (χ0n) is 16.0. The summed E-state index contributed by atoms with van der Waals surface area (Å²) in [6, 6.07) is 8.99. The van der Waals surface area contributed by atoms with Gasteiger partial charge in [0, 0.05) is 11.1 Å². The van der Waals surface area contributed by atoms with Crippen LogP contribution >= 0.6 is 0 Å². The Bertz CT molecular complexity index is 1040. The number of ether oxygens (including phenoxy) is 5. The Hall–Kier alpha value is -3.55. The van der Waals surface area contributed by atoms with Crippen LogP contribution in [0.5, 0.6) is 28.7 Å². The summed E-state index contributed by atoms with van der Waals surface area (Å²) in [6.07, 6.45) is 0. The largest absolute Gasteiger partial charge is 0.493 e. The number of rotatable bonds is 5. The number of fused-ring (bicyclic) bond motifs is 1. The lowest BCUT2D eigenvalue weighted by molar-refractivity contribution is 0.171. The second-order valence-electron chi connectivity index (χ2n) is 6.16. The van der Waals surface area contributed by atoms with E-state index in [-0.39, 0.29) is 6.79 Å². The highest BCUT2D eigenvalue weighted by Gasteiger charge is 2.24. The van der Waals surface area contributed by atoms with Crippen LogP contribution in [0.25, 0.3) is 22.6 Å². The molecular formula is C20H20N2O6. The average molecular weight is 384 g/mol. The second-order valence-corrected chi connectivity index (χ2v) is 6.16. The first kappa shape index (κ1) is 17.8. The van der Waals surface area contributed by atoms with Crippen molar-refractivity contribution in [1.29, 1.82) is 0 Å². The number of benzene rings is 2. The predicted molar refractivity (Wildman–Crippen MR) is 101 cm³/mol. The van der Waals surface area contributed by atoms with Crippen LogP contribution in [0.1, 0.15) is 5.69 Å². The summed E-state index contributed by atoms with van der Waals surface area (Å²) in [6.45, 7) is 1.91. The molecule has 1 aliphatic rings. The molecule has 1 aliphatic heterocycles. The van der Waals surface area contributed by atoms with E-state index in [9.17, 15) is 5.21 Å². The smallest absolute Gasteiger partial charge is 0.231 e. The van der Waals surface area contributed by atoms with Gasteiger partial charge in [0.25, 0.3) is 0 Å². The normalized spacial score (nSPS) is 12.1. The van der Waals surface area contributed by atoms with Gasteiger partial charge in [0.15, 0.2) is 28.8 Å². The Kier molecular flexibility index (Phi) is 4.38. The number of aromatic nitrogens is 2. The van der Waals surface area contributed by atoms with Crippen LogP contribution in [0.2, 0.25) is 0 Å². The van der Waals surface area contributed by atoms with Gasteiger partial charge >= 0.3 is 0 Å². The molecule has 1 aromatic heterocycles. The fraction of sp³-hybridized carbons (Fsp3) is 0.250. The second kappa shape index (κ2) is 6.88. The topological polar surface area (TPSA) is 84.2 Å². The van der Waals surface area contributed by atoms with Gasteiger partial charge in [0.2, 0.25) is 12.5 Å². The van der Waals surface area contributed by atoms with E-state index in [1.807, 2.05) is 12.1 Å². The lowest BCUT2D eigenvalue weighted by Crippen LogP contribution is -1.97. The minimum Gasteiger partial charge on any atom is -0.493 e. The van der Waals surface area contributed by atoms with Gasteiger partial charge in [-0.1, -0.05) is 0 Å². The van der Waals surface area contributed by atoms with Crippen molar-refractivity contribution in [2.75, 3.05) is 28.1 Å². The van der Waals surface area contributed by atoms with Gasteiger partial charge in [-0.05, 0) is 37.3 Å². The van der Waals surface area contributed by atoms with Crippen LogP contribution < -0.4 is 23.7 Å². The lowest BCUT2D eigenvalue weighted by Gasteiger charge is -2.08. The molecule has 146 valence electrons. The zero-order chi connectivity index (χ0) is 19.8. The SMILES string of the molecule is COc1ccc(-c2nc(-c3cc(OC)c4c(c3)OCO4)n(O)c2C)cc1OC. The van der Waals surface area contributed by atoms with E-state index in [1.54, 1.807) is 46.5 Å². The molecule has 2 heterocycles. The van der Waals surface area contributed by atoms with E-state index in [4.69, 9.17) is 23.7 Å². The van der Waals surface area contributed by atoms with Gasteiger partial charge in [-0.2, -0.15) is 4.73 Å². The Morgan fingerprint density at radius 1 is 0.929 bits per heavy atom. The van der Waals surface area contributed by atoms with Gasteiger partial charge in [-0.15, -0.1) is 0 Å². The van der Waals surface area contributed by atoms with Gasteiger partial charge in [0.05, 0.1) is 32.7 Å². The summed E-state index contributed by atoms with van der Waals surface area (Å²) in [5, 5.41) is 10.7. The van der Waals surface area contributed by atoms with Crippen LogP contribution in [0.4, 0.5) is 0 Å². The molecule has 8 heteroatoms. The first-order valence-electron chi connectivity index (χ1n) is 8.56. The van der Waals surface area contributed by atoms with Gasteiger partial charge in [-0.3, -0.25) is 0 Å². The maximum Gasteiger partial charge on any atom is 0.231 e. The van der Waals surface area contributed by atoms with Crippen molar-refractivity contribution >= 4 is 0 Å². The molecule has 0 amide bonds. The van der Waals surface area contributed by atoms with Crippen LogP contribution in [-0.4, -0.2) is 43.0 Å². The maximum absolute atomic E-state index is 10.7. The monoisotopic (exact) mass is 384 g/mol. The quantitative estimate of drug-likeness (QED) is 0.674. The summed E-state index contributed by atoms with van der Waals surface area (Å²) in [5.74, 6) is 3.16. The maximum atomic E-state index is 10.7. The third kappa shape index (κ3) is 2.74. The molecule has 0 saturated carbocycles. The van der Waals surface area contributed by atoms with Crippen molar-refractivity contribution in [3.8, 4) is 51.4 Å². The molecule has 0 radical (unpaired) electrons. The summed E-state index contributed by atoms with van der Waals surface area (Å²) < 4.78 is 28.0. The van der Waals surface area contributed by atoms with Crippen molar-refractivity contribution < 1.29 is 28.9 Å². The molecule has 28 heavy (non-hydrogen) atoms. The van der Waals surface area contributed by atoms with Crippen LogP contribution in [0.15, 0.2) is 30.3 Å². The Labute approximate surface area is 161 Å². The Balaban J connectivity index is 1.82. The minimum atomic E-state index is 0.124. The highest BCUT2D eigenvalue weighted by atomic mass is 16.7. The van der Waals surface area contributed by atoms with E-state index < -0.39 is 0 Å². The molecule has 0 saturated heterocycles. The molecule has 0 unspecified atom stereocenters. The predicted octanol–water partition coefficient (Wildman–Crippen LogP) is 3.52. The van der Waals surface area contributed by atoms with E-state index >= 15 is 0 Å². The molecule has 0 bridgehead atoms. The summed E-state index contributed by atoms with van der Waals surface area (Å²) >= 11 is 0. The van der Waals surface area contributed by atoms with Crippen molar-refractivity contribution in [3.05, 3.63) is 36.0 Å². The van der Waals surface area contributed by atoms with Crippen molar-refractivity contribution in [2.24, 2.45) is 0 Å². The van der Waals surface area contributed by atoms with Crippen molar-refractivity contribution in [1.82, 2.24) is 9.71 Å². The number of imidazole rings is 1. The highest BCUT2D eigenvalue weighted by Crippen LogP contribution is 2.44. The lowest BCUT2D eigenvalue weighted by atomic mass is 10.1. The average Bonchev–Trinajstić information content (AvgIpc) is 3.31. The first-order valence-corrected chi connectivity index (χ1v) is 8.56. The summed E-state index contributed by atoms with van der Waals surface area (Å²) in [4.78, 5) is 4.65. The number of hydrogen-bond acceptors (Lipinski definition) is 7. The van der Waals surface area contributed by atoms with Crippen LogP contribution in [0.3, 0.4) is 0 Å². The van der Waals surface area contributed by atoms with Gasteiger partial charge < -0.3 is 28.9 Å². The van der Waals surface area contributed by atoms with E-state index in [0.717, 1.165) is 10.3 Å². The fourth-order valence-corrected chi connectivity index (χ4v) is 3.20. The first-order chi connectivity index (χ1) is 13.6. The molecule has 0 aliphatic carbocycles. The zero-order valence-corrected chi connectivity index (χ0v) is 16.0.